The Hall–Kier alpha value is -2.07. The van der Waals surface area contributed by atoms with Crippen LogP contribution in [0.2, 0.25) is 0 Å². The molecule has 20 heavy (non-hydrogen) atoms. The van der Waals surface area contributed by atoms with Crippen molar-refractivity contribution in [2.45, 2.75) is 11.8 Å². The van der Waals surface area contributed by atoms with E-state index in [2.05, 4.69) is 0 Å². The molecule has 0 fully saturated rings. The van der Waals surface area contributed by atoms with Crippen molar-refractivity contribution in [1.82, 2.24) is 0 Å². The van der Waals surface area contributed by atoms with Crippen molar-refractivity contribution >= 4 is 15.9 Å². The highest BCUT2D eigenvalue weighted by Gasteiger charge is 2.08. The summed E-state index contributed by atoms with van der Waals surface area (Å²) < 4.78 is 29.5. The van der Waals surface area contributed by atoms with Gasteiger partial charge in [0.25, 0.3) is 0 Å². The molecular formula is C16H16O3S. The van der Waals surface area contributed by atoms with Crippen LogP contribution in [0.3, 0.4) is 0 Å². The molecule has 0 aliphatic carbocycles. The van der Waals surface area contributed by atoms with Gasteiger partial charge < -0.3 is 4.74 Å². The maximum atomic E-state index is 12.1. The van der Waals surface area contributed by atoms with Crippen LogP contribution in [0, 0.1) is 0 Å². The second-order valence-electron chi connectivity index (χ2n) is 4.16. The highest BCUT2D eigenvalue weighted by molar-refractivity contribution is 7.94. The number of hydrogen-bond acceptors (Lipinski definition) is 3. The summed E-state index contributed by atoms with van der Waals surface area (Å²) >= 11 is 0. The van der Waals surface area contributed by atoms with Crippen LogP contribution >= 0.6 is 0 Å². The molecule has 3 nitrogen and oxygen atoms in total. The Labute approximate surface area is 119 Å². The van der Waals surface area contributed by atoms with Crippen molar-refractivity contribution in [3.05, 3.63) is 65.6 Å². The first kappa shape index (κ1) is 14.3. The van der Waals surface area contributed by atoms with Gasteiger partial charge in [-0.05, 0) is 42.8 Å². The number of sulfone groups is 1. The Balaban J connectivity index is 2.16. The minimum absolute atomic E-state index is 0.294. The molecule has 0 radical (unpaired) electrons. The van der Waals surface area contributed by atoms with Crippen LogP contribution in [0.1, 0.15) is 12.5 Å². The molecule has 0 aliphatic heterocycles. The molecule has 0 amide bonds. The molecule has 2 aromatic carbocycles. The van der Waals surface area contributed by atoms with E-state index in [0.717, 1.165) is 11.3 Å². The van der Waals surface area contributed by atoms with Gasteiger partial charge in [-0.25, -0.2) is 8.42 Å². The van der Waals surface area contributed by atoms with Crippen molar-refractivity contribution in [2.75, 3.05) is 6.61 Å². The summed E-state index contributed by atoms with van der Waals surface area (Å²) in [7, 11) is -3.39. The third-order valence-corrected chi connectivity index (χ3v) is 4.13. The lowest BCUT2D eigenvalue weighted by molar-refractivity contribution is 0.340. The predicted octanol–water partition coefficient (Wildman–Crippen LogP) is 3.53. The Morgan fingerprint density at radius 2 is 1.65 bits per heavy atom. The van der Waals surface area contributed by atoms with Gasteiger partial charge in [0.15, 0.2) is 9.84 Å². The van der Waals surface area contributed by atoms with Gasteiger partial charge in [-0.2, -0.15) is 0 Å². The number of benzene rings is 2. The van der Waals surface area contributed by atoms with Crippen LogP contribution in [0.15, 0.2) is 64.9 Å². The van der Waals surface area contributed by atoms with E-state index in [-0.39, 0.29) is 0 Å². The van der Waals surface area contributed by atoms with Gasteiger partial charge in [0.2, 0.25) is 0 Å². The molecule has 0 unspecified atom stereocenters. The molecule has 2 rings (SSSR count). The van der Waals surface area contributed by atoms with Crippen molar-refractivity contribution in [3.63, 3.8) is 0 Å². The van der Waals surface area contributed by atoms with Crippen LogP contribution < -0.4 is 4.74 Å². The lowest BCUT2D eigenvalue weighted by Gasteiger charge is -2.02. The van der Waals surface area contributed by atoms with E-state index in [4.69, 9.17) is 4.74 Å². The molecule has 4 heteroatoms. The van der Waals surface area contributed by atoms with Crippen LogP contribution in [-0.4, -0.2) is 15.0 Å². The number of rotatable bonds is 5. The van der Waals surface area contributed by atoms with Crippen LogP contribution in [-0.2, 0) is 9.84 Å². The first-order valence-electron chi connectivity index (χ1n) is 6.33. The fraction of sp³-hybridized carbons (Fsp3) is 0.125. The molecule has 0 atom stereocenters. The van der Waals surface area contributed by atoms with Crippen molar-refractivity contribution in [3.8, 4) is 5.75 Å². The van der Waals surface area contributed by atoms with Gasteiger partial charge in [-0.15, -0.1) is 0 Å². The van der Waals surface area contributed by atoms with E-state index in [1.165, 1.54) is 5.41 Å². The molecule has 0 aromatic heterocycles. The average Bonchev–Trinajstić information content (AvgIpc) is 2.48. The van der Waals surface area contributed by atoms with E-state index >= 15 is 0 Å². The monoisotopic (exact) mass is 288 g/mol. The molecule has 0 saturated carbocycles. The molecule has 0 N–H and O–H groups in total. The third kappa shape index (κ3) is 3.71. The summed E-state index contributed by atoms with van der Waals surface area (Å²) in [6.07, 6.45) is 1.58. The predicted molar refractivity (Wildman–Crippen MR) is 80.3 cm³/mol. The van der Waals surface area contributed by atoms with Crippen LogP contribution in [0.5, 0.6) is 5.75 Å². The summed E-state index contributed by atoms with van der Waals surface area (Å²) in [5.74, 6) is 0.774. The largest absolute Gasteiger partial charge is 0.494 e. The topological polar surface area (TPSA) is 43.4 Å². The zero-order valence-corrected chi connectivity index (χ0v) is 12.0. The summed E-state index contributed by atoms with van der Waals surface area (Å²) in [4.78, 5) is 0.294. The lowest BCUT2D eigenvalue weighted by Crippen LogP contribution is -1.95. The fourth-order valence-corrected chi connectivity index (χ4v) is 2.73. The SMILES string of the molecule is CCOc1ccc(/C=C/S(=O)(=O)c2ccccc2)cc1. The van der Waals surface area contributed by atoms with E-state index < -0.39 is 9.84 Å². The molecule has 2 aromatic rings. The van der Waals surface area contributed by atoms with E-state index in [1.54, 1.807) is 36.4 Å². The Morgan fingerprint density at radius 3 is 2.25 bits per heavy atom. The van der Waals surface area contributed by atoms with Gasteiger partial charge in [0.1, 0.15) is 5.75 Å². The highest BCUT2D eigenvalue weighted by Crippen LogP contribution is 2.16. The molecule has 0 aliphatic rings. The highest BCUT2D eigenvalue weighted by atomic mass is 32.2. The Bertz CT molecular complexity index is 671. The average molecular weight is 288 g/mol. The standard InChI is InChI=1S/C16H16O3S/c1-2-19-15-10-8-14(9-11-15)12-13-20(17,18)16-6-4-3-5-7-16/h3-13H,2H2,1H3/b13-12+. The maximum absolute atomic E-state index is 12.1. The van der Waals surface area contributed by atoms with Crippen molar-refractivity contribution in [2.24, 2.45) is 0 Å². The minimum atomic E-state index is -3.39. The first-order chi connectivity index (χ1) is 9.62. The molecule has 0 bridgehead atoms. The van der Waals surface area contributed by atoms with E-state index in [1.807, 2.05) is 31.2 Å². The number of hydrogen-bond donors (Lipinski definition) is 0. The fourth-order valence-electron chi connectivity index (χ4n) is 1.70. The third-order valence-electron chi connectivity index (χ3n) is 2.70. The van der Waals surface area contributed by atoms with Gasteiger partial charge in [0.05, 0.1) is 11.5 Å². The molecular weight excluding hydrogens is 272 g/mol. The molecule has 104 valence electrons. The quantitative estimate of drug-likeness (QED) is 0.845. The molecule has 0 heterocycles. The smallest absolute Gasteiger partial charge is 0.199 e. The first-order valence-corrected chi connectivity index (χ1v) is 7.87. The normalized spacial score (nSPS) is 11.7. The lowest BCUT2D eigenvalue weighted by atomic mass is 10.2. The molecule has 0 saturated heterocycles. The summed E-state index contributed by atoms with van der Waals surface area (Å²) in [5.41, 5.74) is 0.813. The van der Waals surface area contributed by atoms with Crippen LogP contribution in [0.4, 0.5) is 0 Å². The van der Waals surface area contributed by atoms with Gasteiger partial charge in [-0.3, -0.25) is 0 Å². The number of ether oxygens (including phenoxy) is 1. The van der Waals surface area contributed by atoms with Crippen molar-refractivity contribution in [1.29, 1.82) is 0 Å². The Kier molecular flexibility index (Phi) is 4.58. The zero-order valence-electron chi connectivity index (χ0n) is 11.2. The van der Waals surface area contributed by atoms with E-state index in [0.29, 0.717) is 11.5 Å². The molecule has 0 spiro atoms. The zero-order chi connectivity index (χ0) is 14.4. The van der Waals surface area contributed by atoms with E-state index in [9.17, 15) is 8.42 Å². The Morgan fingerprint density at radius 1 is 1.00 bits per heavy atom. The second kappa shape index (κ2) is 6.39. The van der Waals surface area contributed by atoms with Gasteiger partial charge in [-0.1, -0.05) is 30.3 Å². The van der Waals surface area contributed by atoms with Crippen molar-refractivity contribution < 1.29 is 13.2 Å². The second-order valence-corrected chi connectivity index (χ2v) is 6.00. The van der Waals surface area contributed by atoms with Gasteiger partial charge >= 0.3 is 0 Å². The minimum Gasteiger partial charge on any atom is -0.494 e. The summed E-state index contributed by atoms with van der Waals surface area (Å²) in [5, 5.41) is 1.22. The maximum Gasteiger partial charge on any atom is 0.199 e. The van der Waals surface area contributed by atoms with Crippen LogP contribution in [0.25, 0.3) is 6.08 Å². The van der Waals surface area contributed by atoms with Gasteiger partial charge in [0, 0.05) is 5.41 Å². The summed E-state index contributed by atoms with van der Waals surface area (Å²) in [6.45, 7) is 2.53. The summed E-state index contributed by atoms with van der Waals surface area (Å²) in [6, 6.07) is 15.6.